The molecular weight excluding hydrogens is 312 g/mol. The van der Waals surface area contributed by atoms with Crippen LogP contribution in [-0.4, -0.2) is 57.7 Å². The highest BCUT2D eigenvalue weighted by Gasteiger charge is 2.43. The van der Waals surface area contributed by atoms with Crippen LogP contribution in [0.5, 0.6) is 0 Å². The fourth-order valence-electron chi connectivity index (χ4n) is 5.14. The van der Waals surface area contributed by atoms with E-state index < -0.39 is 0 Å². The molecule has 1 aromatic heterocycles. The van der Waals surface area contributed by atoms with Crippen LogP contribution in [0.3, 0.4) is 0 Å². The summed E-state index contributed by atoms with van der Waals surface area (Å²) >= 11 is 0. The van der Waals surface area contributed by atoms with E-state index in [9.17, 15) is 4.79 Å². The van der Waals surface area contributed by atoms with Crippen LogP contribution in [0.1, 0.15) is 56.9 Å². The zero-order valence-corrected chi connectivity index (χ0v) is 15.6. The SMILES string of the molecule is Cn1cc(CCN2CCC3(CCC(=O)N(C4CCCC4)C3)CC2)cn1. The van der Waals surface area contributed by atoms with E-state index in [0.717, 1.165) is 32.4 Å². The molecule has 5 heteroatoms. The summed E-state index contributed by atoms with van der Waals surface area (Å²) in [6.45, 7) is 4.54. The van der Waals surface area contributed by atoms with Gasteiger partial charge in [-0.15, -0.1) is 0 Å². The first kappa shape index (κ1) is 17.1. The monoisotopic (exact) mass is 344 g/mol. The molecule has 0 unspecified atom stereocenters. The normalized spacial score (nSPS) is 25.2. The molecule has 0 atom stereocenters. The molecule has 3 aliphatic rings. The molecule has 0 aromatic carbocycles. The van der Waals surface area contributed by atoms with Gasteiger partial charge in [0.2, 0.25) is 5.91 Å². The van der Waals surface area contributed by atoms with Crippen LogP contribution in [0.2, 0.25) is 0 Å². The number of hydrogen-bond acceptors (Lipinski definition) is 3. The third-order valence-electron chi connectivity index (χ3n) is 6.85. The highest BCUT2D eigenvalue weighted by Crippen LogP contribution is 2.42. The largest absolute Gasteiger partial charge is 0.339 e. The van der Waals surface area contributed by atoms with E-state index in [4.69, 9.17) is 0 Å². The molecule has 3 heterocycles. The molecule has 1 saturated carbocycles. The van der Waals surface area contributed by atoms with Gasteiger partial charge in [0.05, 0.1) is 6.20 Å². The minimum atomic E-state index is 0.404. The number of aromatic nitrogens is 2. The lowest BCUT2D eigenvalue weighted by molar-refractivity contribution is -0.142. The molecule has 3 fully saturated rings. The fraction of sp³-hybridized carbons (Fsp3) is 0.800. The summed E-state index contributed by atoms with van der Waals surface area (Å²) in [5, 5.41) is 4.26. The van der Waals surface area contributed by atoms with Crippen molar-refractivity contribution in [3.8, 4) is 0 Å². The maximum absolute atomic E-state index is 12.4. The predicted molar refractivity (Wildman–Crippen MR) is 98.2 cm³/mol. The lowest BCUT2D eigenvalue weighted by Gasteiger charge is -2.49. The Morgan fingerprint density at radius 2 is 1.96 bits per heavy atom. The molecule has 0 N–H and O–H groups in total. The third kappa shape index (κ3) is 3.76. The van der Waals surface area contributed by atoms with Crippen molar-refractivity contribution in [3.05, 3.63) is 18.0 Å². The Labute approximate surface area is 151 Å². The Balaban J connectivity index is 1.30. The van der Waals surface area contributed by atoms with Gasteiger partial charge in [-0.3, -0.25) is 9.48 Å². The van der Waals surface area contributed by atoms with Crippen molar-refractivity contribution in [2.24, 2.45) is 12.5 Å². The van der Waals surface area contributed by atoms with E-state index in [1.165, 1.54) is 57.2 Å². The van der Waals surface area contributed by atoms with Crippen LogP contribution >= 0.6 is 0 Å². The molecule has 1 amide bonds. The highest BCUT2D eigenvalue weighted by molar-refractivity contribution is 5.77. The van der Waals surface area contributed by atoms with E-state index in [0.29, 0.717) is 17.4 Å². The van der Waals surface area contributed by atoms with Crippen molar-refractivity contribution < 1.29 is 4.79 Å². The number of carbonyl (C=O) groups is 1. The lowest BCUT2D eigenvalue weighted by atomic mass is 9.72. The summed E-state index contributed by atoms with van der Waals surface area (Å²) in [7, 11) is 1.98. The number of amides is 1. The third-order valence-corrected chi connectivity index (χ3v) is 6.85. The molecule has 1 aliphatic carbocycles. The van der Waals surface area contributed by atoms with Gasteiger partial charge in [0.1, 0.15) is 0 Å². The van der Waals surface area contributed by atoms with Crippen molar-refractivity contribution in [2.75, 3.05) is 26.2 Å². The van der Waals surface area contributed by atoms with E-state index >= 15 is 0 Å². The average molecular weight is 345 g/mol. The van der Waals surface area contributed by atoms with Gasteiger partial charge < -0.3 is 9.80 Å². The van der Waals surface area contributed by atoms with Gasteiger partial charge in [0.25, 0.3) is 0 Å². The zero-order valence-electron chi connectivity index (χ0n) is 15.6. The first-order valence-electron chi connectivity index (χ1n) is 10.1. The van der Waals surface area contributed by atoms with Gasteiger partial charge >= 0.3 is 0 Å². The molecular formula is C20H32N4O. The minimum absolute atomic E-state index is 0.404. The summed E-state index contributed by atoms with van der Waals surface area (Å²) in [5.41, 5.74) is 1.74. The maximum Gasteiger partial charge on any atom is 0.222 e. The van der Waals surface area contributed by atoms with Crippen LogP contribution in [0.25, 0.3) is 0 Å². The highest BCUT2D eigenvalue weighted by atomic mass is 16.2. The van der Waals surface area contributed by atoms with Crippen LogP contribution in [0.15, 0.2) is 12.4 Å². The predicted octanol–water partition coefficient (Wildman–Crippen LogP) is 2.61. The Morgan fingerprint density at radius 1 is 1.20 bits per heavy atom. The first-order chi connectivity index (χ1) is 12.1. The van der Waals surface area contributed by atoms with Crippen LogP contribution in [0.4, 0.5) is 0 Å². The Morgan fingerprint density at radius 3 is 2.64 bits per heavy atom. The minimum Gasteiger partial charge on any atom is -0.339 e. The summed E-state index contributed by atoms with van der Waals surface area (Å²) < 4.78 is 1.89. The molecule has 4 rings (SSSR count). The Kier molecular flexibility index (Phi) is 4.85. The second-order valence-electron chi connectivity index (χ2n) is 8.57. The van der Waals surface area contributed by atoms with Crippen molar-refractivity contribution in [3.63, 3.8) is 0 Å². The molecule has 1 aromatic rings. The number of piperidine rings is 2. The van der Waals surface area contributed by atoms with Crippen molar-refractivity contribution in [1.82, 2.24) is 19.6 Å². The molecule has 1 spiro atoms. The van der Waals surface area contributed by atoms with Gasteiger partial charge in [0.15, 0.2) is 0 Å². The van der Waals surface area contributed by atoms with Gasteiger partial charge in [0, 0.05) is 38.8 Å². The number of carbonyl (C=O) groups excluding carboxylic acids is 1. The second-order valence-corrected chi connectivity index (χ2v) is 8.57. The molecule has 0 bridgehead atoms. The summed E-state index contributed by atoms with van der Waals surface area (Å²) in [5.74, 6) is 0.427. The number of rotatable bonds is 4. The van der Waals surface area contributed by atoms with Gasteiger partial charge in [-0.05, 0) is 62.6 Å². The molecule has 0 radical (unpaired) electrons. The molecule has 2 saturated heterocycles. The Hall–Kier alpha value is -1.36. The number of nitrogens with zero attached hydrogens (tertiary/aromatic N) is 4. The van der Waals surface area contributed by atoms with Crippen molar-refractivity contribution >= 4 is 5.91 Å². The van der Waals surface area contributed by atoms with E-state index in [1.54, 1.807) is 0 Å². The molecule has 25 heavy (non-hydrogen) atoms. The molecule has 2 aliphatic heterocycles. The number of aryl methyl sites for hydroxylation is 1. The second kappa shape index (κ2) is 7.10. The zero-order chi connectivity index (χ0) is 17.3. The quantitative estimate of drug-likeness (QED) is 0.843. The summed E-state index contributed by atoms with van der Waals surface area (Å²) in [6, 6.07) is 0.549. The van der Waals surface area contributed by atoms with Crippen molar-refractivity contribution in [2.45, 2.75) is 63.8 Å². The van der Waals surface area contributed by atoms with E-state index in [1.807, 2.05) is 17.9 Å². The summed E-state index contributed by atoms with van der Waals surface area (Å²) in [6.07, 6.45) is 14.7. The number of hydrogen-bond donors (Lipinski definition) is 0. The van der Waals surface area contributed by atoms with Gasteiger partial charge in [-0.25, -0.2) is 0 Å². The van der Waals surface area contributed by atoms with Crippen LogP contribution in [0, 0.1) is 5.41 Å². The average Bonchev–Trinajstić information content (AvgIpc) is 3.29. The Bertz CT molecular complexity index is 597. The fourth-order valence-corrected chi connectivity index (χ4v) is 5.14. The molecule has 138 valence electrons. The van der Waals surface area contributed by atoms with E-state index in [2.05, 4.69) is 21.1 Å². The maximum atomic E-state index is 12.4. The number of likely N-dealkylation sites (tertiary alicyclic amines) is 2. The lowest BCUT2D eigenvalue weighted by Crippen LogP contribution is -2.54. The smallest absolute Gasteiger partial charge is 0.222 e. The van der Waals surface area contributed by atoms with Crippen LogP contribution < -0.4 is 0 Å². The first-order valence-corrected chi connectivity index (χ1v) is 10.1. The van der Waals surface area contributed by atoms with E-state index in [-0.39, 0.29) is 0 Å². The standard InChI is InChI=1S/C20H32N4O/c1-22-15-17(14-21-22)7-11-23-12-9-20(10-13-23)8-6-19(25)24(16-20)18-4-2-3-5-18/h14-15,18H,2-13,16H2,1H3. The van der Waals surface area contributed by atoms with Gasteiger partial charge in [-0.2, -0.15) is 5.10 Å². The molecule has 5 nitrogen and oxygen atoms in total. The van der Waals surface area contributed by atoms with Crippen molar-refractivity contribution in [1.29, 1.82) is 0 Å². The van der Waals surface area contributed by atoms with Gasteiger partial charge in [-0.1, -0.05) is 12.8 Å². The topological polar surface area (TPSA) is 41.4 Å². The van der Waals surface area contributed by atoms with Crippen LogP contribution in [-0.2, 0) is 18.3 Å². The summed E-state index contributed by atoms with van der Waals surface area (Å²) in [4.78, 5) is 17.3.